The van der Waals surface area contributed by atoms with E-state index in [-0.39, 0.29) is 33.6 Å². The van der Waals surface area contributed by atoms with E-state index in [0.29, 0.717) is 0 Å². The van der Waals surface area contributed by atoms with Crippen LogP contribution in [0.4, 0.5) is 0 Å². The first-order valence-corrected chi connectivity index (χ1v) is 5.50. The van der Waals surface area contributed by atoms with E-state index in [9.17, 15) is 0 Å². The van der Waals surface area contributed by atoms with E-state index < -0.39 is 27.2 Å². The van der Waals surface area contributed by atoms with Gasteiger partial charge in [0.05, 0.1) is 0 Å². The van der Waals surface area contributed by atoms with Crippen molar-refractivity contribution < 1.29 is 92.6 Å². The molecular weight excluding hydrogens is 347 g/mol. The fourth-order valence-corrected chi connectivity index (χ4v) is 0. The second-order valence-corrected chi connectivity index (χ2v) is 3.37. The third kappa shape index (κ3) is 911. The summed E-state index contributed by atoms with van der Waals surface area (Å²) in [6.45, 7) is 0. The third-order valence-electron chi connectivity index (χ3n) is 0. The van der Waals surface area contributed by atoms with E-state index >= 15 is 0 Å². The molecule has 78 valence electrons. The van der Waals surface area contributed by atoms with E-state index in [0.717, 1.165) is 0 Å². The van der Waals surface area contributed by atoms with Crippen LogP contribution in [0.3, 0.4) is 0 Å². The Morgan fingerprint density at radius 3 is 0.667 bits per heavy atom. The first kappa shape index (κ1) is 23.2. The SMILES string of the molecule is [Fe+2].[Ni+2].[O]=[Cr](=[O])([O-])[O-].[O]=[Cr](=[O])([O-])[O-]. The Bertz CT molecular complexity index is 213. The van der Waals surface area contributed by atoms with Crippen LogP contribution in [0.1, 0.15) is 0 Å². The molecule has 0 aliphatic rings. The molecule has 0 saturated carbocycles. The molecule has 0 aromatic heterocycles. The molecule has 0 unspecified atom stereocenters. The van der Waals surface area contributed by atoms with Crippen molar-refractivity contribution in [1.82, 2.24) is 0 Å². The first-order chi connectivity index (χ1) is 4.00. The molecule has 0 N–H and O–H groups in total. The summed E-state index contributed by atoms with van der Waals surface area (Å²) in [6, 6.07) is 0. The van der Waals surface area contributed by atoms with Gasteiger partial charge in [-0.15, -0.1) is 0 Å². The van der Waals surface area contributed by atoms with Gasteiger partial charge >= 0.3 is 92.6 Å². The van der Waals surface area contributed by atoms with Gasteiger partial charge in [0.25, 0.3) is 0 Å². The zero-order valence-electron chi connectivity index (χ0n) is 4.75. The summed E-state index contributed by atoms with van der Waals surface area (Å²) in [5, 5.41) is 0. The molecule has 0 aliphatic heterocycles. The van der Waals surface area contributed by atoms with Crippen molar-refractivity contribution in [3.63, 3.8) is 0 Å². The van der Waals surface area contributed by atoms with Gasteiger partial charge in [0.2, 0.25) is 0 Å². The monoisotopic (exact) mass is 346 g/mol. The van der Waals surface area contributed by atoms with E-state index in [2.05, 4.69) is 0 Å². The maximum atomic E-state index is 8.59. The van der Waals surface area contributed by atoms with Gasteiger partial charge in [0, 0.05) is 0 Å². The molecule has 0 heterocycles. The summed E-state index contributed by atoms with van der Waals surface area (Å²) in [6.07, 6.45) is 0. The van der Waals surface area contributed by atoms with E-state index in [4.69, 9.17) is 31.8 Å². The molecule has 0 spiro atoms. The van der Waals surface area contributed by atoms with Crippen LogP contribution in [0, 0.1) is 0 Å². The van der Waals surface area contributed by atoms with E-state index in [1.807, 2.05) is 0 Å². The minimum atomic E-state index is -5.75. The first-order valence-electron chi connectivity index (χ1n) is 1.33. The van der Waals surface area contributed by atoms with E-state index in [1.54, 1.807) is 0 Å². The molecule has 8 nitrogen and oxygen atoms in total. The molecule has 0 rings (SSSR count). The van der Waals surface area contributed by atoms with E-state index in [1.165, 1.54) is 0 Å². The summed E-state index contributed by atoms with van der Waals surface area (Å²) >= 11 is -11.5. The summed E-state index contributed by atoms with van der Waals surface area (Å²) in [5.41, 5.74) is 0. The Balaban J connectivity index is -0.0000000457. The van der Waals surface area contributed by atoms with Crippen molar-refractivity contribution >= 4 is 0 Å². The Hall–Kier alpha value is 1.12. The topological polar surface area (TPSA) is 161 Å². The van der Waals surface area contributed by atoms with Crippen LogP contribution in [0.2, 0.25) is 0 Å². The van der Waals surface area contributed by atoms with Crippen LogP contribution in [0.25, 0.3) is 0 Å². The maximum absolute atomic E-state index is 8.59. The molecule has 0 radical (unpaired) electrons. The average Bonchev–Trinajstić information content (AvgIpc) is 1.12. The van der Waals surface area contributed by atoms with Gasteiger partial charge in [0.1, 0.15) is 0 Å². The van der Waals surface area contributed by atoms with Crippen LogP contribution in [0.5, 0.6) is 0 Å². The van der Waals surface area contributed by atoms with Crippen molar-refractivity contribution in [3.8, 4) is 0 Å². The van der Waals surface area contributed by atoms with Crippen molar-refractivity contribution in [2.24, 2.45) is 0 Å². The fraction of sp³-hybridized carbons (Fsp3) is 0. The number of rotatable bonds is 0. The number of hydrogen-bond acceptors (Lipinski definition) is 8. The van der Waals surface area contributed by atoms with Gasteiger partial charge in [-0.25, -0.2) is 0 Å². The molecular formula is Cr2FeNiO8. The van der Waals surface area contributed by atoms with Crippen LogP contribution in [-0.4, -0.2) is 0 Å². The van der Waals surface area contributed by atoms with Gasteiger partial charge in [0.15, 0.2) is 0 Å². The molecule has 0 aromatic carbocycles. The average molecular weight is 347 g/mol. The molecule has 0 bridgehead atoms. The predicted octanol–water partition coefficient (Wildman–Crippen LogP) is -5.24. The Labute approximate surface area is 92.1 Å². The van der Waals surface area contributed by atoms with Gasteiger partial charge in [-0.2, -0.15) is 0 Å². The summed E-state index contributed by atoms with van der Waals surface area (Å²) in [5.74, 6) is 0. The summed E-state index contributed by atoms with van der Waals surface area (Å²) in [7, 11) is 0. The summed E-state index contributed by atoms with van der Waals surface area (Å²) < 4.78 is 68.8. The minimum absolute atomic E-state index is 0. The van der Waals surface area contributed by atoms with Gasteiger partial charge in [-0.05, 0) is 0 Å². The third-order valence-corrected chi connectivity index (χ3v) is 0. The molecule has 0 saturated heterocycles. The Morgan fingerprint density at radius 2 is 0.667 bits per heavy atom. The van der Waals surface area contributed by atoms with Crippen LogP contribution in [-0.2, 0) is 76.0 Å². The predicted molar refractivity (Wildman–Crippen MR) is 2.75 cm³/mol. The van der Waals surface area contributed by atoms with Crippen molar-refractivity contribution in [2.45, 2.75) is 0 Å². The Kier molecular flexibility index (Phi) is 16.8. The van der Waals surface area contributed by atoms with Crippen molar-refractivity contribution in [3.05, 3.63) is 0 Å². The molecule has 0 aliphatic carbocycles. The number of hydrogen-bond donors (Lipinski definition) is 0. The van der Waals surface area contributed by atoms with Gasteiger partial charge in [-0.3, -0.25) is 0 Å². The second kappa shape index (κ2) is 8.70. The zero-order chi connectivity index (χ0) is 9.00. The van der Waals surface area contributed by atoms with Crippen LogP contribution < -0.4 is 16.6 Å². The molecule has 0 atom stereocenters. The normalized spacial score (nSPS) is 9.67. The van der Waals surface area contributed by atoms with Crippen LogP contribution >= 0.6 is 0 Å². The van der Waals surface area contributed by atoms with Crippen molar-refractivity contribution in [2.75, 3.05) is 0 Å². The molecule has 12 heteroatoms. The fourth-order valence-electron chi connectivity index (χ4n) is 0. The quantitative estimate of drug-likeness (QED) is 0.393. The second-order valence-electron chi connectivity index (χ2n) is 0.816. The van der Waals surface area contributed by atoms with Crippen molar-refractivity contribution in [1.29, 1.82) is 0 Å². The summed E-state index contributed by atoms with van der Waals surface area (Å²) in [4.78, 5) is 0. The molecule has 12 heavy (non-hydrogen) atoms. The van der Waals surface area contributed by atoms with Crippen LogP contribution in [0.15, 0.2) is 0 Å². The standard InChI is InChI=1S/2Cr.Fe.Ni.8O/q;;2*+2;;;;;4*-1. The molecule has 0 aromatic rings. The molecule has 0 amide bonds. The zero-order valence-corrected chi connectivity index (χ0v) is 9.39. The Morgan fingerprint density at radius 1 is 0.667 bits per heavy atom. The van der Waals surface area contributed by atoms with Gasteiger partial charge < -0.3 is 0 Å². The van der Waals surface area contributed by atoms with Gasteiger partial charge in [-0.1, -0.05) is 0 Å². The molecule has 0 fully saturated rings.